The highest BCUT2D eigenvalue weighted by Crippen LogP contribution is 2.27. The first kappa shape index (κ1) is 26.5. The number of anilines is 1. The highest BCUT2D eigenvalue weighted by molar-refractivity contribution is 7.80. The Morgan fingerprint density at radius 3 is 2.39 bits per heavy atom. The minimum Gasteiger partial charge on any atom is -0.363 e. The van der Waals surface area contributed by atoms with Crippen LogP contribution < -0.4 is 10.2 Å². The van der Waals surface area contributed by atoms with Crippen molar-refractivity contribution in [3.05, 3.63) is 48.0 Å². The van der Waals surface area contributed by atoms with Crippen molar-refractivity contribution in [1.29, 1.82) is 0 Å². The van der Waals surface area contributed by atoms with Crippen LogP contribution in [0.2, 0.25) is 0 Å². The Kier molecular flexibility index (Phi) is 9.64. The fraction of sp³-hybridized carbons (Fsp3) is 0.481. The largest absolute Gasteiger partial charge is 0.363 e. The van der Waals surface area contributed by atoms with Gasteiger partial charge in [-0.2, -0.15) is 0 Å². The number of halogens is 2. The van der Waals surface area contributed by atoms with E-state index in [0.29, 0.717) is 5.82 Å². The van der Waals surface area contributed by atoms with Crippen molar-refractivity contribution in [2.24, 2.45) is 0 Å². The van der Waals surface area contributed by atoms with E-state index < -0.39 is 0 Å². The summed E-state index contributed by atoms with van der Waals surface area (Å²) in [4.78, 5) is 18.7. The molecule has 1 N–H and O–H groups in total. The molecule has 1 saturated heterocycles. The molecule has 1 aliphatic heterocycles. The third kappa shape index (κ3) is 6.79. The van der Waals surface area contributed by atoms with E-state index in [4.69, 9.17) is 33.8 Å². The van der Waals surface area contributed by atoms with Crippen molar-refractivity contribution < 1.29 is 4.39 Å². The molecule has 0 unspecified atom stereocenters. The molecule has 0 bridgehead atoms. The molecule has 0 atom stereocenters. The van der Waals surface area contributed by atoms with Crippen molar-refractivity contribution in [1.82, 2.24) is 25.2 Å². The summed E-state index contributed by atoms with van der Waals surface area (Å²) >= 11 is 11.8. The Hall–Kier alpha value is -2.58. The number of aromatic nitrogens is 3. The molecule has 1 aromatic carbocycles. The van der Waals surface area contributed by atoms with E-state index in [1.54, 1.807) is 12.1 Å². The first-order valence-electron chi connectivity index (χ1n) is 12.9. The molecule has 36 heavy (non-hydrogen) atoms. The van der Waals surface area contributed by atoms with Gasteiger partial charge in [-0.1, -0.05) is 39.0 Å². The summed E-state index contributed by atoms with van der Waals surface area (Å²) in [7, 11) is 0. The van der Waals surface area contributed by atoms with Gasteiger partial charge in [0.05, 0.1) is 17.1 Å². The minimum atomic E-state index is -0.271. The molecule has 9 heteroatoms. The molecule has 192 valence electrons. The molecule has 3 aromatic rings. The van der Waals surface area contributed by atoms with Crippen LogP contribution in [0, 0.1) is 5.82 Å². The van der Waals surface area contributed by atoms with Gasteiger partial charge in [0.25, 0.3) is 0 Å². The summed E-state index contributed by atoms with van der Waals surface area (Å²) in [5.41, 5.74) is 3.07. The predicted octanol–water partition coefficient (Wildman–Crippen LogP) is 5.93. The topological polar surface area (TPSA) is 57.2 Å². The maximum absolute atomic E-state index is 13.4. The number of rotatable bonds is 10. The molecule has 0 spiro atoms. The zero-order valence-corrected chi connectivity index (χ0v) is 22.4. The minimum absolute atomic E-state index is 0.231. The Balaban J connectivity index is 1.41. The smallest absolute Gasteiger partial charge is 0.169 e. The normalized spacial score (nSPS) is 13.9. The number of unbranched alkanes of at least 4 members (excludes halogenated alkanes) is 5. The summed E-state index contributed by atoms with van der Waals surface area (Å²) in [5.74, 6) is 1.32. The first-order chi connectivity index (χ1) is 17.6. The van der Waals surface area contributed by atoms with Crippen molar-refractivity contribution in [2.75, 3.05) is 37.6 Å². The van der Waals surface area contributed by atoms with Gasteiger partial charge in [-0.3, -0.25) is 0 Å². The second-order valence-corrected chi connectivity index (χ2v) is 9.80. The van der Waals surface area contributed by atoms with Gasteiger partial charge in [-0.15, -0.1) is 11.6 Å². The zero-order chi connectivity index (χ0) is 25.3. The van der Waals surface area contributed by atoms with Crippen LogP contribution in [0.5, 0.6) is 0 Å². The van der Waals surface area contributed by atoms with Crippen molar-refractivity contribution in [3.8, 4) is 11.3 Å². The van der Waals surface area contributed by atoms with E-state index in [9.17, 15) is 4.39 Å². The van der Waals surface area contributed by atoms with Crippen LogP contribution in [0.25, 0.3) is 22.3 Å². The standard InChI is InChI=1S/C27H34ClFN6S/c1-2-3-4-5-6-7-14-30-27(36)35-17-15-34(16-18-35)26-25-23(31-24(19-28)33-26)13-12-22(32-25)20-8-10-21(29)11-9-20/h8-13H,2-7,14-19H2,1H3,(H,30,36). The summed E-state index contributed by atoms with van der Waals surface area (Å²) < 4.78 is 13.4. The summed E-state index contributed by atoms with van der Waals surface area (Å²) in [6.07, 6.45) is 7.63. The average molecular weight is 529 g/mol. The molecule has 0 saturated carbocycles. The Morgan fingerprint density at radius 2 is 1.67 bits per heavy atom. The SMILES string of the molecule is CCCCCCCCNC(=S)N1CCN(c2nc(CCl)nc3ccc(-c4ccc(F)cc4)nc23)CC1. The number of piperazine rings is 1. The molecule has 1 fully saturated rings. The van der Waals surface area contributed by atoms with Gasteiger partial charge >= 0.3 is 0 Å². The number of nitrogens with one attached hydrogen (secondary N) is 1. The monoisotopic (exact) mass is 528 g/mol. The van der Waals surface area contributed by atoms with Crippen LogP contribution in [0.15, 0.2) is 36.4 Å². The van der Waals surface area contributed by atoms with Crippen molar-refractivity contribution in [2.45, 2.75) is 51.3 Å². The third-order valence-corrected chi connectivity index (χ3v) is 7.14. The maximum Gasteiger partial charge on any atom is 0.169 e. The van der Waals surface area contributed by atoms with Gasteiger partial charge in [0.15, 0.2) is 10.9 Å². The van der Waals surface area contributed by atoms with E-state index in [-0.39, 0.29) is 11.7 Å². The number of hydrogen-bond acceptors (Lipinski definition) is 5. The van der Waals surface area contributed by atoms with Crippen LogP contribution in [0.3, 0.4) is 0 Å². The number of alkyl halides is 1. The number of fused-ring (bicyclic) bond motifs is 1. The van der Waals surface area contributed by atoms with Crippen LogP contribution in [-0.2, 0) is 5.88 Å². The molecule has 6 nitrogen and oxygen atoms in total. The van der Waals surface area contributed by atoms with E-state index in [2.05, 4.69) is 27.0 Å². The Bertz CT molecular complexity index is 1150. The molecule has 1 aliphatic rings. The van der Waals surface area contributed by atoms with Crippen LogP contribution >= 0.6 is 23.8 Å². The average Bonchev–Trinajstić information content (AvgIpc) is 2.92. The molecular formula is C27H34ClFN6S. The van der Waals surface area contributed by atoms with Crippen LogP contribution in [0.4, 0.5) is 10.2 Å². The van der Waals surface area contributed by atoms with Gasteiger partial charge in [0, 0.05) is 38.3 Å². The number of thiocarbonyl (C=S) groups is 1. The molecule has 0 aliphatic carbocycles. The van der Waals surface area contributed by atoms with Gasteiger partial charge < -0.3 is 15.1 Å². The lowest BCUT2D eigenvalue weighted by atomic mass is 10.1. The summed E-state index contributed by atoms with van der Waals surface area (Å²) in [5, 5.41) is 4.26. The van der Waals surface area contributed by atoms with Gasteiger partial charge in [-0.05, 0) is 55.0 Å². The highest BCUT2D eigenvalue weighted by atomic mass is 35.5. The number of hydrogen-bond donors (Lipinski definition) is 1. The molecule has 0 amide bonds. The predicted molar refractivity (Wildman–Crippen MR) is 150 cm³/mol. The van der Waals surface area contributed by atoms with Gasteiger partial charge in [0.2, 0.25) is 0 Å². The second kappa shape index (κ2) is 13.1. The molecule has 4 rings (SSSR count). The summed E-state index contributed by atoms with van der Waals surface area (Å²) in [6.45, 7) is 6.33. The van der Waals surface area contributed by atoms with Crippen LogP contribution in [-0.4, -0.2) is 57.7 Å². The fourth-order valence-corrected chi connectivity index (χ4v) is 4.85. The number of benzene rings is 1. The van der Waals surface area contributed by atoms with E-state index in [0.717, 1.165) is 72.4 Å². The van der Waals surface area contributed by atoms with Crippen molar-refractivity contribution >= 4 is 45.8 Å². The lowest BCUT2D eigenvalue weighted by molar-refractivity contribution is 0.378. The highest BCUT2D eigenvalue weighted by Gasteiger charge is 2.23. The second-order valence-electron chi connectivity index (χ2n) is 9.14. The third-order valence-electron chi connectivity index (χ3n) is 6.50. The maximum atomic E-state index is 13.4. The lowest BCUT2D eigenvalue weighted by Gasteiger charge is -2.37. The Labute approximate surface area is 223 Å². The first-order valence-corrected chi connectivity index (χ1v) is 13.8. The van der Waals surface area contributed by atoms with E-state index >= 15 is 0 Å². The molecular weight excluding hydrogens is 495 g/mol. The van der Waals surface area contributed by atoms with Gasteiger partial charge in [0.1, 0.15) is 17.2 Å². The number of nitrogens with zero attached hydrogens (tertiary/aromatic N) is 5. The van der Waals surface area contributed by atoms with E-state index in [1.807, 2.05) is 12.1 Å². The zero-order valence-electron chi connectivity index (χ0n) is 20.8. The molecule has 0 radical (unpaired) electrons. The molecule has 3 heterocycles. The quantitative estimate of drug-likeness (QED) is 0.199. The molecule has 2 aromatic heterocycles. The Morgan fingerprint density at radius 1 is 0.944 bits per heavy atom. The number of pyridine rings is 1. The van der Waals surface area contributed by atoms with Crippen molar-refractivity contribution in [3.63, 3.8) is 0 Å². The fourth-order valence-electron chi connectivity index (χ4n) is 4.44. The lowest BCUT2D eigenvalue weighted by Crippen LogP contribution is -2.52. The summed E-state index contributed by atoms with van der Waals surface area (Å²) in [6, 6.07) is 10.2. The van der Waals surface area contributed by atoms with Crippen LogP contribution in [0.1, 0.15) is 51.3 Å². The van der Waals surface area contributed by atoms with Gasteiger partial charge in [-0.25, -0.2) is 19.3 Å². The van der Waals surface area contributed by atoms with E-state index in [1.165, 1.54) is 44.2 Å².